The van der Waals surface area contributed by atoms with Crippen molar-refractivity contribution >= 4 is 22.4 Å². The molecular weight excluding hydrogens is 322 g/mol. The molecule has 0 saturated heterocycles. The molecule has 1 fully saturated rings. The van der Waals surface area contributed by atoms with Gasteiger partial charge in [0.15, 0.2) is 11.1 Å². The fourth-order valence-electron chi connectivity index (χ4n) is 2.88. The van der Waals surface area contributed by atoms with Gasteiger partial charge in [0.05, 0.1) is 6.10 Å². The Bertz CT molecular complexity index is 674. The van der Waals surface area contributed by atoms with Gasteiger partial charge in [-0.2, -0.15) is 0 Å². The molecule has 2 aliphatic carbocycles. The fourth-order valence-corrected chi connectivity index (χ4v) is 3.29. The van der Waals surface area contributed by atoms with E-state index < -0.39 is 11.1 Å². The van der Waals surface area contributed by atoms with Crippen molar-refractivity contribution in [3.63, 3.8) is 0 Å². The van der Waals surface area contributed by atoms with E-state index in [1.54, 1.807) is 0 Å². The molecular formula is C19H23NO3S. The highest BCUT2D eigenvalue weighted by Crippen LogP contribution is 2.29. The van der Waals surface area contributed by atoms with Gasteiger partial charge in [-0.05, 0) is 55.7 Å². The molecule has 2 N–H and O–H groups in total. The third-order valence-corrected chi connectivity index (χ3v) is 4.96. The van der Waals surface area contributed by atoms with Crippen LogP contribution in [0.2, 0.25) is 0 Å². The van der Waals surface area contributed by atoms with Gasteiger partial charge in [0, 0.05) is 17.0 Å². The Balaban J connectivity index is 1.60. The van der Waals surface area contributed by atoms with Crippen molar-refractivity contribution in [3.8, 4) is 5.75 Å². The van der Waals surface area contributed by atoms with Crippen LogP contribution in [0.3, 0.4) is 0 Å². The van der Waals surface area contributed by atoms with Gasteiger partial charge in [-0.1, -0.05) is 30.4 Å². The number of hydrogen-bond donors (Lipinski definition) is 2. The normalized spacial score (nSPS) is 22.0. The van der Waals surface area contributed by atoms with Crippen LogP contribution in [0.5, 0.6) is 5.75 Å². The Labute approximate surface area is 145 Å². The summed E-state index contributed by atoms with van der Waals surface area (Å²) in [5.74, 6) is 1.46. The maximum Gasteiger partial charge on any atom is 0.152 e. The van der Waals surface area contributed by atoms with Crippen molar-refractivity contribution in [2.45, 2.75) is 38.2 Å². The van der Waals surface area contributed by atoms with Gasteiger partial charge >= 0.3 is 0 Å². The minimum atomic E-state index is -1.72. The Hall–Kier alpha value is -1.72. The summed E-state index contributed by atoms with van der Waals surface area (Å²) in [4.78, 5) is 0. The second-order valence-corrected chi connectivity index (χ2v) is 7.47. The molecule has 0 heterocycles. The molecule has 4 nitrogen and oxygen atoms in total. The molecule has 24 heavy (non-hydrogen) atoms. The third kappa shape index (κ3) is 4.89. The van der Waals surface area contributed by atoms with E-state index in [1.807, 2.05) is 36.4 Å². The van der Waals surface area contributed by atoms with Gasteiger partial charge in [0.2, 0.25) is 0 Å². The van der Waals surface area contributed by atoms with Crippen molar-refractivity contribution in [1.29, 1.82) is 5.41 Å². The summed E-state index contributed by atoms with van der Waals surface area (Å²) in [6.07, 6.45) is 11.0. The minimum Gasteiger partial charge on any atom is -0.490 e. The van der Waals surface area contributed by atoms with Gasteiger partial charge in [0.1, 0.15) is 5.75 Å². The number of benzene rings is 1. The first kappa shape index (κ1) is 17.1. The summed E-state index contributed by atoms with van der Waals surface area (Å²) in [6, 6.07) is 7.98. The van der Waals surface area contributed by atoms with E-state index >= 15 is 0 Å². The molecule has 2 atom stereocenters. The van der Waals surface area contributed by atoms with Gasteiger partial charge < -0.3 is 14.7 Å². The van der Waals surface area contributed by atoms with Crippen LogP contribution in [0.15, 0.2) is 42.5 Å². The lowest BCUT2D eigenvalue weighted by molar-refractivity contribution is 0.303. The lowest BCUT2D eigenvalue weighted by atomic mass is 9.93. The molecule has 0 amide bonds. The molecule has 0 spiro atoms. The minimum absolute atomic E-state index is 0.257. The Kier molecular flexibility index (Phi) is 5.63. The highest BCUT2D eigenvalue weighted by Gasteiger charge is 2.23. The maximum atomic E-state index is 10.7. The number of hydrogen-bond acceptors (Lipinski definition) is 3. The number of allylic oxidation sites excluding steroid dienone is 4. The summed E-state index contributed by atoms with van der Waals surface area (Å²) in [5, 5.41) is 8.40. The highest BCUT2D eigenvalue weighted by atomic mass is 32.2. The van der Waals surface area contributed by atoms with E-state index in [1.165, 1.54) is 0 Å². The average molecular weight is 345 g/mol. The lowest BCUT2D eigenvalue weighted by Crippen LogP contribution is -2.08. The molecule has 1 aromatic carbocycles. The second-order valence-electron chi connectivity index (χ2n) is 6.42. The topological polar surface area (TPSA) is 70.4 Å². The maximum absolute atomic E-state index is 10.7. The summed E-state index contributed by atoms with van der Waals surface area (Å²) in [7, 11) is 0. The van der Waals surface area contributed by atoms with Gasteiger partial charge in [-0.15, -0.1) is 0 Å². The van der Waals surface area contributed by atoms with Crippen LogP contribution >= 0.6 is 0 Å². The first-order valence-electron chi connectivity index (χ1n) is 8.42. The molecule has 3 rings (SSSR count). The first-order valence-corrected chi connectivity index (χ1v) is 9.70. The second kappa shape index (κ2) is 7.90. The van der Waals surface area contributed by atoms with E-state index in [0.29, 0.717) is 30.4 Å². The molecule has 1 aromatic rings. The Morgan fingerprint density at radius 1 is 1.25 bits per heavy atom. The fraction of sp³-hybridized carbons (Fsp3) is 0.421. The van der Waals surface area contributed by atoms with Crippen LogP contribution < -0.4 is 4.74 Å². The standard InChI is InChI=1S/C19H23NO3S/c20-19-13-14(4-2-12-24(21)22)3-1-5-18(19)15-6-8-16(9-7-15)23-17-10-11-17/h1,3,5-9,14,17,20H,2,4,10-13H2,(H,21,22). The zero-order chi connectivity index (χ0) is 16.9. The van der Waals surface area contributed by atoms with Crippen molar-refractivity contribution in [3.05, 3.63) is 48.1 Å². The molecule has 2 unspecified atom stereocenters. The molecule has 0 radical (unpaired) electrons. The molecule has 0 aromatic heterocycles. The Morgan fingerprint density at radius 2 is 2.00 bits per heavy atom. The predicted octanol–water partition coefficient (Wildman–Crippen LogP) is 4.21. The van der Waals surface area contributed by atoms with E-state index in [4.69, 9.17) is 14.7 Å². The molecule has 0 bridgehead atoms. The summed E-state index contributed by atoms with van der Waals surface area (Å²) in [6.45, 7) is 0. The molecule has 0 aliphatic heterocycles. The van der Waals surface area contributed by atoms with Crippen LogP contribution in [0.4, 0.5) is 0 Å². The van der Waals surface area contributed by atoms with Crippen LogP contribution in [0.25, 0.3) is 5.57 Å². The number of ether oxygens (including phenoxy) is 1. The van der Waals surface area contributed by atoms with Crippen LogP contribution in [-0.2, 0) is 11.1 Å². The predicted molar refractivity (Wildman–Crippen MR) is 97.9 cm³/mol. The molecule has 5 heteroatoms. The van der Waals surface area contributed by atoms with Gasteiger partial charge in [0.25, 0.3) is 0 Å². The highest BCUT2D eigenvalue weighted by molar-refractivity contribution is 7.79. The van der Waals surface area contributed by atoms with Crippen molar-refractivity contribution < 1.29 is 13.5 Å². The van der Waals surface area contributed by atoms with E-state index in [9.17, 15) is 4.21 Å². The zero-order valence-electron chi connectivity index (χ0n) is 13.6. The molecule has 1 saturated carbocycles. The van der Waals surface area contributed by atoms with Crippen molar-refractivity contribution in [1.82, 2.24) is 0 Å². The third-order valence-electron chi connectivity index (χ3n) is 4.32. The van der Waals surface area contributed by atoms with Crippen LogP contribution in [0.1, 0.15) is 37.7 Å². The number of nitrogens with one attached hydrogen (secondary N) is 1. The average Bonchev–Trinajstić information content (AvgIpc) is 3.36. The van der Waals surface area contributed by atoms with E-state index in [-0.39, 0.29) is 5.92 Å². The lowest BCUT2D eigenvalue weighted by Gasteiger charge is -2.13. The summed E-state index contributed by atoms with van der Waals surface area (Å²) >= 11 is -1.72. The summed E-state index contributed by atoms with van der Waals surface area (Å²) < 4.78 is 25.4. The van der Waals surface area contributed by atoms with Crippen LogP contribution in [-0.4, -0.2) is 26.3 Å². The monoisotopic (exact) mass is 345 g/mol. The first-order chi connectivity index (χ1) is 11.6. The van der Waals surface area contributed by atoms with Gasteiger partial charge in [-0.3, -0.25) is 0 Å². The van der Waals surface area contributed by atoms with Crippen LogP contribution in [0, 0.1) is 11.3 Å². The van der Waals surface area contributed by atoms with E-state index in [0.717, 1.165) is 36.1 Å². The largest absolute Gasteiger partial charge is 0.490 e. The smallest absolute Gasteiger partial charge is 0.152 e. The molecule has 2 aliphatic rings. The Morgan fingerprint density at radius 3 is 2.67 bits per heavy atom. The van der Waals surface area contributed by atoms with Crippen molar-refractivity contribution in [2.75, 3.05) is 5.75 Å². The zero-order valence-corrected chi connectivity index (χ0v) is 14.4. The van der Waals surface area contributed by atoms with Crippen molar-refractivity contribution in [2.24, 2.45) is 5.92 Å². The number of rotatable bonds is 7. The summed E-state index contributed by atoms with van der Waals surface area (Å²) in [5.41, 5.74) is 2.59. The quantitative estimate of drug-likeness (QED) is 0.727. The van der Waals surface area contributed by atoms with E-state index in [2.05, 4.69) is 6.08 Å². The SMILES string of the molecule is N=C1CC(CCCS(=O)O)C=CC=C1c1ccc(OC2CC2)cc1. The van der Waals surface area contributed by atoms with Gasteiger partial charge in [-0.25, -0.2) is 4.21 Å². The molecule has 128 valence electrons.